The van der Waals surface area contributed by atoms with Crippen molar-refractivity contribution in [1.82, 2.24) is 5.43 Å². The van der Waals surface area contributed by atoms with Crippen molar-refractivity contribution in [3.63, 3.8) is 0 Å². The Labute approximate surface area is 96.6 Å². The molecule has 0 aliphatic carbocycles. The van der Waals surface area contributed by atoms with Crippen LogP contribution in [0.15, 0.2) is 18.2 Å². The molecule has 3 heteroatoms. The lowest BCUT2D eigenvalue weighted by molar-refractivity contribution is 0.573. The number of thioether (sulfide) groups is 1. The molecule has 1 aromatic carbocycles. The SMILES string of the molecule is CSCC(Cc1c(C)cccc1C)NN. The van der Waals surface area contributed by atoms with E-state index in [0.29, 0.717) is 6.04 Å². The highest BCUT2D eigenvalue weighted by Crippen LogP contribution is 2.16. The third-order valence-corrected chi connectivity index (χ3v) is 3.43. The van der Waals surface area contributed by atoms with Crippen molar-refractivity contribution in [3.05, 3.63) is 34.9 Å². The summed E-state index contributed by atoms with van der Waals surface area (Å²) in [5.74, 6) is 6.59. The molecule has 0 spiro atoms. The first-order valence-electron chi connectivity index (χ1n) is 5.19. The first-order chi connectivity index (χ1) is 7.19. The quantitative estimate of drug-likeness (QED) is 0.594. The molecule has 0 radical (unpaired) electrons. The van der Waals surface area contributed by atoms with Crippen molar-refractivity contribution in [2.75, 3.05) is 12.0 Å². The van der Waals surface area contributed by atoms with E-state index in [9.17, 15) is 0 Å². The Morgan fingerprint density at radius 2 is 1.93 bits per heavy atom. The highest BCUT2D eigenvalue weighted by atomic mass is 32.2. The van der Waals surface area contributed by atoms with Crippen LogP contribution >= 0.6 is 11.8 Å². The molecule has 0 bridgehead atoms. The number of nitrogens with two attached hydrogens (primary N) is 1. The van der Waals surface area contributed by atoms with Gasteiger partial charge in [-0.1, -0.05) is 18.2 Å². The maximum Gasteiger partial charge on any atom is 0.0341 e. The predicted molar refractivity (Wildman–Crippen MR) is 69.1 cm³/mol. The molecule has 15 heavy (non-hydrogen) atoms. The summed E-state index contributed by atoms with van der Waals surface area (Å²) in [7, 11) is 0. The Hall–Kier alpha value is -0.510. The molecule has 0 aliphatic heterocycles. The van der Waals surface area contributed by atoms with Gasteiger partial charge in [0.2, 0.25) is 0 Å². The van der Waals surface area contributed by atoms with E-state index < -0.39 is 0 Å². The average molecular weight is 224 g/mol. The molecule has 1 atom stereocenters. The van der Waals surface area contributed by atoms with Crippen LogP contribution in [0.2, 0.25) is 0 Å². The Balaban J connectivity index is 2.78. The fourth-order valence-electron chi connectivity index (χ4n) is 1.78. The first-order valence-corrected chi connectivity index (χ1v) is 6.58. The van der Waals surface area contributed by atoms with Crippen molar-refractivity contribution in [2.24, 2.45) is 5.84 Å². The molecule has 3 N–H and O–H groups in total. The number of hydrogen-bond acceptors (Lipinski definition) is 3. The van der Waals surface area contributed by atoms with Crippen LogP contribution in [0.25, 0.3) is 0 Å². The van der Waals surface area contributed by atoms with E-state index in [2.05, 4.69) is 43.7 Å². The summed E-state index contributed by atoms with van der Waals surface area (Å²) in [6.07, 6.45) is 3.12. The Morgan fingerprint density at radius 3 is 2.40 bits per heavy atom. The molecule has 0 amide bonds. The van der Waals surface area contributed by atoms with Crippen LogP contribution in [-0.2, 0) is 6.42 Å². The fourth-order valence-corrected chi connectivity index (χ4v) is 2.40. The summed E-state index contributed by atoms with van der Waals surface area (Å²) in [5, 5.41) is 0. The number of rotatable bonds is 5. The molecule has 0 aliphatic rings. The number of hydrazine groups is 1. The zero-order valence-corrected chi connectivity index (χ0v) is 10.5. The summed E-state index contributed by atoms with van der Waals surface area (Å²) >= 11 is 1.82. The summed E-state index contributed by atoms with van der Waals surface area (Å²) in [6, 6.07) is 6.79. The molecule has 1 unspecified atom stereocenters. The molecule has 1 rings (SSSR count). The monoisotopic (exact) mass is 224 g/mol. The van der Waals surface area contributed by atoms with E-state index in [0.717, 1.165) is 12.2 Å². The van der Waals surface area contributed by atoms with E-state index >= 15 is 0 Å². The van der Waals surface area contributed by atoms with Gasteiger partial charge in [-0.15, -0.1) is 0 Å². The van der Waals surface area contributed by atoms with Crippen LogP contribution in [0, 0.1) is 13.8 Å². The molecule has 0 fully saturated rings. The van der Waals surface area contributed by atoms with Crippen molar-refractivity contribution in [3.8, 4) is 0 Å². The van der Waals surface area contributed by atoms with Crippen molar-refractivity contribution >= 4 is 11.8 Å². The number of hydrogen-bond donors (Lipinski definition) is 2. The van der Waals surface area contributed by atoms with Gasteiger partial charge in [0.05, 0.1) is 0 Å². The topological polar surface area (TPSA) is 38.0 Å². The lowest BCUT2D eigenvalue weighted by Crippen LogP contribution is -2.38. The summed E-state index contributed by atoms with van der Waals surface area (Å²) in [6.45, 7) is 4.32. The number of benzene rings is 1. The predicted octanol–water partition coefficient (Wildman–Crippen LogP) is 2.04. The second-order valence-electron chi connectivity index (χ2n) is 3.89. The van der Waals surface area contributed by atoms with Gasteiger partial charge < -0.3 is 0 Å². The zero-order chi connectivity index (χ0) is 11.3. The maximum absolute atomic E-state index is 5.54. The molecule has 0 aromatic heterocycles. The molecule has 0 saturated heterocycles. The highest BCUT2D eigenvalue weighted by Gasteiger charge is 2.10. The van der Waals surface area contributed by atoms with Gasteiger partial charge in [0.1, 0.15) is 0 Å². The average Bonchev–Trinajstić information content (AvgIpc) is 2.22. The van der Waals surface area contributed by atoms with Crippen LogP contribution in [0.1, 0.15) is 16.7 Å². The second kappa shape index (κ2) is 6.16. The van der Waals surface area contributed by atoms with Crippen molar-refractivity contribution in [2.45, 2.75) is 26.3 Å². The molecular formula is C12H20N2S. The van der Waals surface area contributed by atoms with Gasteiger partial charge >= 0.3 is 0 Å². The van der Waals surface area contributed by atoms with E-state index in [-0.39, 0.29) is 0 Å². The lowest BCUT2D eigenvalue weighted by Gasteiger charge is -2.17. The number of aryl methyl sites for hydroxylation is 2. The fraction of sp³-hybridized carbons (Fsp3) is 0.500. The van der Waals surface area contributed by atoms with Gasteiger partial charge in [-0.05, 0) is 43.2 Å². The Kier molecular flexibility index (Phi) is 5.15. The molecule has 0 heterocycles. The second-order valence-corrected chi connectivity index (χ2v) is 4.80. The Morgan fingerprint density at radius 1 is 1.33 bits per heavy atom. The third-order valence-electron chi connectivity index (χ3n) is 2.70. The van der Waals surface area contributed by atoms with Gasteiger partial charge in [-0.25, -0.2) is 0 Å². The van der Waals surface area contributed by atoms with Gasteiger partial charge in [0, 0.05) is 11.8 Å². The summed E-state index contributed by atoms with van der Waals surface area (Å²) in [5.41, 5.74) is 7.03. The molecule has 1 aromatic rings. The minimum atomic E-state index is 0.361. The van der Waals surface area contributed by atoms with Crippen LogP contribution in [-0.4, -0.2) is 18.1 Å². The molecule has 0 saturated carbocycles. The smallest absolute Gasteiger partial charge is 0.0341 e. The highest BCUT2D eigenvalue weighted by molar-refractivity contribution is 7.98. The van der Waals surface area contributed by atoms with Crippen LogP contribution in [0.5, 0.6) is 0 Å². The zero-order valence-electron chi connectivity index (χ0n) is 9.71. The van der Waals surface area contributed by atoms with Crippen LogP contribution < -0.4 is 11.3 Å². The van der Waals surface area contributed by atoms with Crippen LogP contribution in [0.3, 0.4) is 0 Å². The van der Waals surface area contributed by atoms with E-state index in [1.54, 1.807) is 0 Å². The van der Waals surface area contributed by atoms with Crippen molar-refractivity contribution < 1.29 is 0 Å². The largest absolute Gasteiger partial charge is 0.271 e. The molecular weight excluding hydrogens is 204 g/mol. The van der Waals surface area contributed by atoms with E-state index in [1.807, 2.05) is 11.8 Å². The molecule has 2 nitrogen and oxygen atoms in total. The summed E-state index contributed by atoms with van der Waals surface area (Å²) in [4.78, 5) is 0. The van der Waals surface area contributed by atoms with Gasteiger partial charge in [-0.3, -0.25) is 11.3 Å². The van der Waals surface area contributed by atoms with E-state index in [4.69, 9.17) is 5.84 Å². The maximum atomic E-state index is 5.54. The number of nitrogens with one attached hydrogen (secondary N) is 1. The molecule has 84 valence electrons. The third kappa shape index (κ3) is 3.52. The van der Waals surface area contributed by atoms with E-state index in [1.165, 1.54) is 16.7 Å². The Bertz CT molecular complexity index is 292. The lowest BCUT2D eigenvalue weighted by atomic mass is 9.97. The van der Waals surface area contributed by atoms with Crippen molar-refractivity contribution in [1.29, 1.82) is 0 Å². The standard InChI is InChI=1S/C12H20N2S/c1-9-5-4-6-10(2)12(9)7-11(14-13)8-15-3/h4-6,11,14H,7-8,13H2,1-3H3. The minimum Gasteiger partial charge on any atom is -0.271 e. The van der Waals surface area contributed by atoms with Gasteiger partial charge in [0.25, 0.3) is 0 Å². The van der Waals surface area contributed by atoms with Gasteiger partial charge in [-0.2, -0.15) is 11.8 Å². The summed E-state index contributed by atoms with van der Waals surface area (Å²) < 4.78 is 0. The first kappa shape index (κ1) is 12.6. The van der Waals surface area contributed by atoms with Gasteiger partial charge in [0.15, 0.2) is 0 Å². The normalized spacial score (nSPS) is 12.8. The minimum absolute atomic E-state index is 0.361. The van der Waals surface area contributed by atoms with Crippen LogP contribution in [0.4, 0.5) is 0 Å².